The number of hydrogen-bond acceptors (Lipinski definition) is 3. The summed E-state index contributed by atoms with van der Waals surface area (Å²) in [5, 5.41) is 18.4. The second kappa shape index (κ2) is 8.07. The first-order chi connectivity index (χ1) is 12.2. The molecule has 149 valence electrons. The summed E-state index contributed by atoms with van der Waals surface area (Å²) in [6.07, 6.45) is 0. The number of aliphatic hydroxyl groups is 1. The number of carboxylic acid groups (broad SMARTS) is 1. The third-order valence-corrected chi connectivity index (χ3v) is 5.06. The first-order valence-corrected chi connectivity index (χ1v) is 9.10. The van der Waals surface area contributed by atoms with Crippen molar-refractivity contribution in [3.8, 4) is 0 Å². The van der Waals surface area contributed by atoms with Crippen LogP contribution in [0.3, 0.4) is 0 Å². The Kier molecular flexibility index (Phi) is 6.95. The summed E-state index contributed by atoms with van der Waals surface area (Å²) in [6.45, 7) is 18.0. The zero-order valence-electron chi connectivity index (χ0n) is 18.0. The number of rotatable bonds is 4. The quantitative estimate of drug-likeness (QED) is 0.635. The number of benzene rings is 1. The van der Waals surface area contributed by atoms with Gasteiger partial charge in [0, 0.05) is 16.6 Å². The summed E-state index contributed by atoms with van der Waals surface area (Å²) in [5.74, 6) is 0. The van der Waals surface area contributed by atoms with Crippen molar-refractivity contribution in [3.05, 3.63) is 29.3 Å². The van der Waals surface area contributed by atoms with Gasteiger partial charge in [0.15, 0.2) is 0 Å². The molecule has 1 radical (unpaired) electrons. The van der Waals surface area contributed by atoms with Crippen LogP contribution in [0.25, 0.3) is 10.9 Å². The molecule has 0 unspecified atom stereocenters. The molecule has 2 N–H and O–H groups in total. The molecule has 0 bridgehead atoms. The third kappa shape index (κ3) is 5.36. The molecular weight excluding hydrogens is 341 g/mol. The molecule has 0 spiro atoms. The van der Waals surface area contributed by atoms with Gasteiger partial charge in [-0.2, -0.15) is 0 Å². The summed E-state index contributed by atoms with van der Waals surface area (Å²) < 4.78 is 8.31. The largest absolute Gasteiger partial charge is 0.483 e. The van der Waals surface area contributed by atoms with Crippen LogP contribution in [0.4, 0.5) is 0 Å². The molecule has 0 atom stereocenters. The normalized spacial score (nSPS) is 12.5. The molecule has 0 aliphatic heterocycles. The third-order valence-electron chi connectivity index (χ3n) is 5.06. The lowest BCUT2D eigenvalue weighted by Crippen LogP contribution is -2.50. The Morgan fingerprint density at radius 1 is 1.00 bits per heavy atom. The molecule has 0 saturated carbocycles. The van der Waals surface area contributed by atoms with Gasteiger partial charge in [-0.25, -0.2) is 0 Å². The second-order valence-corrected chi connectivity index (χ2v) is 8.98. The van der Waals surface area contributed by atoms with E-state index >= 15 is 0 Å². The van der Waals surface area contributed by atoms with Crippen LogP contribution in [-0.2, 0) is 15.0 Å². The molecule has 0 saturated heterocycles. The molecule has 27 heavy (non-hydrogen) atoms. The van der Waals surface area contributed by atoms with E-state index in [1.165, 1.54) is 22.0 Å². The maximum atomic E-state index is 10.3. The van der Waals surface area contributed by atoms with Gasteiger partial charge in [0.25, 0.3) is 6.47 Å². The molecule has 1 aromatic heterocycles. The van der Waals surface area contributed by atoms with E-state index in [2.05, 4.69) is 57.4 Å². The Morgan fingerprint density at radius 2 is 1.48 bits per heavy atom. The lowest BCUT2D eigenvalue weighted by Gasteiger charge is -2.38. The Morgan fingerprint density at radius 3 is 1.93 bits per heavy atom. The average Bonchev–Trinajstić information content (AvgIpc) is 2.83. The van der Waals surface area contributed by atoms with Crippen LogP contribution in [0.15, 0.2) is 18.2 Å². The molecule has 0 amide bonds. The molecule has 0 aliphatic rings. The first kappa shape index (κ1) is 23.3. The highest BCUT2D eigenvalue weighted by atomic mass is 16.5. The Balaban J connectivity index is 0.00000114. The number of carbonyl (C=O) groups is 1. The van der Waals surface area contributed by atoms with Gasteiger partial charge < -0.3 is 19.4 Å². The van der Waals surface area contributed by atoms with Crippen LogP contribution in [0.2, 0.25) is 0 Å². The molecule has 2 rings (SSSR count). The van der Waals surface area contributed by atoms with Crippen molar-refractivity contribution in [2.24, 2.45) is 0 Å². The SMILES string of the molecule is Cc1cc2cc([B]OC(C)(C)C(C)(C)O)n(C(C)(C)C)c2cc1C.O=CO. The predicted octanol–water partition coefficient (Wildman–Crippen LogP) is 3.52. The van der Waals surface area contributed by atoms with Crippen LogP contribution >= 0.6 is 0 Å². The van der Waals surface area contributed by atoms with Crippen LogP contribution < -0.4 is 5.59 Å². The van der Waals surface area contributed by atoms with Crippen molar-refractivity contribution in [2.45, 2.75) is 79.1 Å². The minimum atomic E-state index is -0.935. The van der Waals surface area contributed by atoms with Crippen LogP contribution in [0.1, 0.15) is 59.6 Å². The summed E-state index contributed by atoms with van der Waals surface area (Å²) in [5.41, 5.74) is 3.11. The highest BCUT2D eigenvalue weighted by Crippen LogP contribution is 2.27. The Labute approximate surface area is 163 Å². The fourth-order valence-electron chi connectivity index (χ4n) is 2.68. The van der Waals surface area contributed by atoms with Gasteiger partial charge in [-0.1, -0.05) is 0 Å². The minimum Gasteiger partial charge on any atom is -0.483 e. The maximum Gasteiger partial charge on any atom is 0.348 e. The number of hydrogen-bond donors (Lipinski definition) is 2. The molecule has 6 heteroatoms. The number of aryl methyl sites for hydroxylation is 2. The zero-order valence-corrected chi connectivity index (χ0v) is 18.0. The van der Waals surface area contributed by atoms with E-state index in [4.69, 9.17) is 14.6 Å². The smallest absolute Gasteiger partial charge is 0.348 e. The van der Waals surface area contributed by atoms with E-state index in [0.717, 1.165) is 5.59 Å². The maximum absolute atomic E-state index is 10.3. The number of aromatic nitrogens is 1. The molecule has 0 aliphatic carbocycles. The van der Waals surface area contributed by atoms with Gasteiger partial charge in [0.05, 0.1) is 11.2 Å². The fraction of sp³-hybridized carbons (Fsp3) is 0.571. The van der Waals surface area contributed by atoms with Gasteiger partial charge in [-0.05, 0) is 97.0 Å². The lowest BCUT2D eigenvalue weighted by molar-refractivity contribution is -0.122. The predicted molar refractivity (Wildman–Crippen MR) is 112 cm³/mol. The van der Waals surface area contributed by atoms with Crippen molar-refractivity contribution in [3.63, 3.8) is 0 Å². The summed E-state index contributed by atoms with van der Waals surface area (Å²) in [6, 6.07) is 6.63. The molecule has 0 fully saturated rings. The minimum absolute atomic E-state index is 0.0719. The van der Waals surface area contributed by atoms with Crippen LogP contribution in [-0.4, -0.2) is 39.9 Å². The number of fused-ring (bicyclic) bond motifs is 1. The van der Waals surface area contributed by atoms with Gasteiger partial charge in [0.1, 0.15) is 0 Å². The molecule has 1 aromatic carbocycles. The van der Waals surface area contributed by atoms with E-state index in [-0.39, 0.29) is 12.0 Å². The van der Waals surface area contributed by atoms with Gasteiger partial charge in [-0.15, -0.1) is 0 Å². The highest BCUT2D eigenvalue weighted by molar-refractivity contribution is 6.47. The second-order valence-electron chi connectivity index (χ2n) is 8.98. The molecule has 2 aromatic rings. The molecule has 5 nitrogen and oxygen atoms in total. The van der Waals surface area contributed by atoms with E-state index in [1.54, 1.807) is 21.3 Å². The van der Waals surface area contributed by atoms with Gasteiger partial charge >= 0.3 is 7.48 Å². The summed E-state index contributed by atoms with van der Waals surface area (Å²) in [4.78, 5) is 8.36. The van der Waals surface area contributed by atoms with Crippen molar-refractivity contribution >= 4 is 30.5 Å². The lowest BCUT2D eigenvalue weighted by atomic mass is 9.84. The Bertz CT molecular complexity index is 795. The van der Waals surface area contributed by atoms with E-state index in [0.29, 0.717) is 0 Å². The van der Waals surface area contributed by atoms with E-state index in [1.807, 2.05) is 13.8 Å². The fourth-order valence-corrected chi connectivity index (χ4v) is 2.68. The molecular formula is C21H33BNO4. The van der Waals surface area contributed by atoms with E-state index < -0.39 is 11.2 Å². The van der Waals surface area contributed by atoms with Crippen molar-refractivity contribution < 1.29 is 19.7 Å². The van der Waals surface area contributed by atoms with Gasteiger partial charge in [-0.3, -0.25) is 4.79 Å². The summed E-state index contributed by atoms with van der Waals surface area (Å²) in [7, 11) is 1.79. The Hall–Kier alpha value is -1.79. The van der Waals surface area contributed by atoms with Crippen LogP contribution in [0, 0.1) is 13.8 Å². The monoisotopic (exact) mass is 374 g/mol. The first-order valence-electron chi connectivity index (χ1n) is 9.10. The van der Waals surface area contributed by atoms with Crippen molar-refractivity contribution in [1.82, 2.24) is 4.57 Å². The van der Waals surface area contributed by atoms with Gasteiger partial charge in [0.2, 0.25) is 0 Å². The summed E-state index contributed by atoms with van der Waals surface area (Å²) >= 11 is 0. The number of nitrogens with zero attached hydrogens (tertiary/aromatic N) is 1. The van der Waals surface area contributed by atoms with E-state index in [9.17, 15) is 5.11 Å². The zero-order chi connectivity index (χ0) is 21.2. The molecule has 1 heterocycles. The highest BCUT2D eigenvalue weighted by Gasteiger charge is 2.36. The average molecular weight is 374 g/mol. The standard InChI is InChI=1S/C20H31BNO2.CH2O2/c1-13-10-15-12-17(21-24-20(8,9)19(6,7)23)22(18(3,4)5)16(15)11-14(13)2;2-1-3/h10-12,23H,1-9H3;1H,(H,2,3). The van der Waals surface area contributed by atoms with Crippen LogP contribution in [0.5, 0.6) is 0 Å². The van der Waals surface area contributed by atoms with Crippen molar-refractivity contribution in [1.29, 1.82) is 0 Å². The van der Waals surface area contributed by atoms with Crippen molar-refractivity contribution in [2.75, 3.05) is 0 Å². The topological polar surface area (TPSA) is 71.7 Å².